The van der Waals surface area contributed by atoms with Gasteiger partial charge in [-0.2, -0.15) is 0 Å². The summed E-state index contributed by atoms with van der Waals surface area (Å²) >= 11 is 0. The number of amidine groups is 1. The number of likely N-dealkylation sites (tertiary alicyclic amines) is 1. The van der Waals surface area contributed by atoms with Crippen LogP contribution in [0.1, 0.15) is 24.8 Å². The lowest BCUT2D eigenvalue weighted by Gasteiger charge is -2.30. The van der Waals surface area contributed by atoms with Gasteiger partial charge in [-0.05, 0) is 50.2 Å². The van der Waals surface area contributed by atoms with Crippen molar-refractivity contribution in [3.63, 3.8) is 0 Å². The zero-order valence-corrected chi connectivity index (χ0v) is 19.6. The Labute approximate surface area is 202 Å². The molecule has 5 nitrogen and oxygen atoms in total. The Kier molecular flexibility index (Phi) is 9.91. The van der Waals surface area contributed by atoms with Gasteiger partial charge < -0.3 is 10.0 Å². The Hall–Kier alpha value is -2.70. The van der Waals surface area contributed by atoms with Gasteiger partial charge in [-0.25, -0.2) is 10.1 Å². The molecular weight excluding hydrogens is 434 g/mol. The molecule has 0 saturated carbocycles. The van der Waals surface area contributed by atoms with Crippen LogP contribution in [0.5, 0.6) is 0 Å². The summed E-state index contributed by atoms with van der Waals surface area (Å²) in [6, 6.07) is 29.8. The maximum Gasteiger partial charge on any atom is 0.165 e. The van der Waals surface area contributed by atoms with Crippen molar-refractivity contribution in [1.29, 1.82) is 0 Å². The number of hydrogen-bond acceptors (Lipinski definition) is 4. The van der Waals surface area contributed by atoms with Gasteiger partial charge in [0.05, 0.1) is 17.5 Å². The Morgan fingerprint density at radius 2 is 1.42 bits per heavy atom. The van der Waals surface area contributed by atoms with Crippen LogP contribution in [-0.2, 0) is 4.84 Å². The molecule has 33 heavy (non-hydrogen) atoms. The van der Waals surface area contributed by atoms with Crippen LogP contribution in [0.15, 0.2) is 96.0 Å². The number of aliphatic imine (C=N–C) groups is 1. The summed E-state index contributed by atoms with van der Waals surface area (Å²) in [6.45, 7) is 2.90. The number of aliphatic hydroxyl groups excluding tert-OH is 1. The summed E-state index contributed by atoms with van der Waals surface area (Å²) < 4.78 is 0. The molecule has 0 aromatic heterocycles. The number of nitrogens with zero attached hydrogens (tertiary/aromatic N) is 3. The van der Waals surface area contributed by atoms with Gasteiger partial charge in [-0.3, -0.25) is 4.84 Å². The molecule has 3 aromatic rings. The minimum Gasteiger partial charge on any atom is -0.389 e. The number of hydroxylamine groups is 1. The Bertz CT molecular complexity index is 964. The van der Waals surface area contributed by atoms with Crippen LogP contribution in [0.2, 0.25) is 0 Å². The van der Waals surface area contributed by atoms with Crippen molar-refractivity contribution in [1.82, 2.24) is 4.90 Å². The lowest BCUT2D eigenvalue weighted by Crippen LogP contribution is -2.41. The summed E-state index contributed by atoms with van der Waals surface area (Å²) in [5, 5.41) is 12.4. The number of para-hydroxylation sites is 2. The van der Waals surface area contributed by atoms with Gasteiger partial charge in [0.15, 0.2) is 5.84 Å². The number of hydrogen-bond donors (Lipinski definition) is 1. The van der Waals surface area contributed by atoms with E-state index in [4.69, 9.17) is 9.83 Å². The molecule has 3 aromatic carbocycles. The van der Waals surface area contributed by atoms with Crippen LogP contribution in [0, 0.1) is 0 Å². The molecule has 1 fully saturated rings. The summed E-state index contributed by atoms with van der Waals surface area (Å²) in [5.74, 6) is 0.674. The SMILES string of the molecule is Cl.OC(CON(C(=Nc1ccccc1)c1ccccc1)c1ccccc1)CN1CCCCC1. The Balaban J connectivity index is 0.00000306. The van der Waals surface area contributed by atoms with Gasteiger partial charge in [0.2, 0.25) is 0 Å². The van der Waals surface area contributed by atoms with Crippen molar-refractivity contribution >= 4 is 29.6 Å². The number of β-amino-alcohol motifs (C(OH)–C–C–N with tert-alkyl or cyclic N) is 1. The van der Waals surface area contributed by atoms with Gasteiger partial charge in [0.25, 0.3) is 0 Å². The maximum atomic E-state index is 10.7. The van der Waals surface area contributed by atoms with E-state index in [-0.39, 0.29) is 19.0 Å². The zero-order chi connectivity index (χ0) is 22.0. The highest BCUT2D eigenvalue weighted by Gasteiger charge is 2.21. The molecule has 1 aliphatic rings. The van der Waals surface area contributed by atoms with Crippen LogP contribution < -0.4 is 5.06 Å². The number of rotatable bonds is 8. The van der Waals surface area contributed by atoms with Gasteiger partial charge in [0.1, 0.15) is 6.61 Å². The minimum atomic E-state index is -0.576. The lowest BCUT2D eigenvalue weighted by atomic mass is 10.1. The van der Waals surface area contributed by atoms with Gasteiger partial charge in [-0.1, -0.05) is 73.2 Å². The molecule has 6 heteroatoms. The monoisotopic (exact) mass is 465 g/mol. The molecule has 4 rings (SSSR count). The van der Waals surface area contributed by atoms with Crippen molar-refractivity contribution in [2.45, 2.75) is 25.4 Å². The summed E-state index contributed by atoms with van der Waals surface area (Å²) in [5.41, 5.74) is 2.63. The van der Waals surface area contributed by atoms with E-state index in [1.54, 1.807) is 5.06 Å². The smallest absolute Gasteiger partial charge is 0.165 e. The highest BCUT2D eigenvalue weighted by Crippen LogP contribution is 2.22. The predicted molar refractivity (Wildman–Crippen MR) is 137 cm³/mol. The van der Waals surface area contributed by atoms with Crippen LogP contribution >= 0.6 is 12.4 Å². The highest BCUT2D eigenvalue weighted by molar-refractivity contribution is 6.09. The van der Waals surface area contributed by atoms with Crippen molar-refractivity contribution in [2.24, 2.45) is 4.99 Å². The van der Waals surface area contributed by atoms with Gasteiger partial charge in [-0.15, -0.1) is 12.4 Å². The largest absolute Gasteiger partial charge is 0.389 e. The van der Waals surface area contributed by atoms with Crippen LogP contribution in [0.4, 0.5) is 11.4 Å². The van der Waals surface area contributed by atoms with E-state index >= 15 is 0 Å². The number of benzene rings is 3. The molecule has 1 aliphatic heterocycles. The molecule has 1 heterocycles. The van der Waals surface area contributed by atoms with E-state index in [2.05, 4.69) is 4.90 Å². The maximum absolute atomic E-state index is 10.7. The van der Waals surface area contributed by atoms with Crippen molar-refractivity contribution in [2.75, 3.05) is 31.3 Å². The third-order valence-electron chi connectivity index (χ3n) is 5.52. The molecule has 1 N–H and O–H groups in total. The van der Waals surface area contributed by atoms with Crippen LogP contribution in [0.25, 0.3) is 0 Å². The molecular formula is C27H32ClN3O2. The molecule has 174 valence electrons. The second-order valence-corrected chi connectivity index (χ2v) is 8.08. The first-order chi connectivity index (χ1) is 15.8. The van der Waals surface area contributed by atoms with Crippen molar-refractivity contribution < 1.29 is 9.94 Å². The zero-order valence-electron chi connectivity index (χ0n) is 18.8. The van der Waals surface area contributed by atoms with Gasteiger partial charge in [0, 0.05) is 12.1 Å². The average molecular weight is 466 g/mol. The fraction of sp³-hybridized carbons (Fsp3) is 0.296. The molecule has 1 unspecified atom stereocenters. The number of halogens is 1. The summed E-state index contributed by atoms with van der Waals surface area (Å²) in [4.78, 5) is 13.5. The van der Waals surface area contributed by atoms with E-state index < -0.39 is 6.10 Å². The molecule has 0 spiro atoms. The fourth-order valence-corrected chi connectivity index (χ4v) is 3.91. The Morgan fingerprint density at radius 1 is 0.848 bits per heavy atom. The molecule has 0 bridgehead atoms. The van der Waals surface area contributed by atoms with E-state index in [1.807, 2.05) is 91.0 Å². The molecule has 0 amide bonds. The standard InChI is InChI=1S/C27H31N3O2.ClH/c31-26(21-29-19-11-4-12-20-29)22-32-30(25-17-9-3-10-18-25)27(23-13-5-1-6-14-23)28-24-15-7-2-8-16-24;/h1-3,5-10,13-18,26,31H,4,11-12,19-22H2;1H. The second-order valence-electron chi connectivity index (χ2n) is 8.08. The number of anilines is 1. The first-order valence-electron chi connectivity index (χ1n) is 11.4. The summed E-state index contributed by atoms with van der Waals surface area (Å²) in [7, 11) is 0. The number of aliphatic hydroxyl groups is 1. The quantitative estimate of drug-likeness (QED) is 0.272. The Morgan fingerprint density at radius 3 is 2.06 bits per heavy atom. The first-order valence-corrected chi connectivity index (χ1v) is 11.4. The molecule has 1 atom stereocenters. The fourth-order valence-electron chi connectivity index (χ4n) is 3.91. The normalized spacial score (nSPS) is 15.5. The lowest BCUT2D eigenvalue weighted by molar-refractivity contribution is 0.0162. The molecule has 0 aliphatic carbocycles. The topological polar surface area (TPSA) is 48.3 Å². The van der Waals surface area contributed by atoms with Crippen molar-refractivity contribution in [3.05, 3.63) is 96.6 Å². The summed E-state index contributed by atoms with van der Waals surface area (Å²) in [6.07, 6.45) is 3.10. The van der Waals surface area contributed by atoms with Crippen LogP contribution in [0.3, 0.4) is 0 Å². The third kappa shape index (κ3) is 7.41. The highest BCUT2D eigenvalue weighted by atomic mass is 35.5. The second kappa shape index (κ2) is 13.1. The molecule has 1 saturated heterocycles. The average Bonchev–Trinajstić information content (AvgIpc) is 2.86. The van der Waals surface area contributed by atoms with Crippen LogP contribution in [-0.4, -0.2) is 48.2 Å². The van der Waals surface area contributed by atoms with E-state index in [0.717, 1.165) is 30.0 Å². The molecule has 0 radical (unpaired) electrons. The van der Waals surface area contributed by atoms with E-state index in [0.29, 0.717) is 12.4 Å². The third-order valence-corrected chi connectivity index (χ3v) is 5.52. The first kappa shape index (κ1) is 24.9. The minimum absolute atomic E-state index is 0. The number of piperidine rings is 1. The van der Waals surface area contributed by atoms with E-state index in [9.17, 15) is 5.11 Å². The van der Waals surface area contributed by atoms with Gasteiger partial charge >= 0.3 is 0 Å². The van der Waals surface area contributed by atoms with Crippen molar-refractivity contribution in [3.8, 4) is 0 Å². The van der Waals surface area contributed by atoms with E-state index in [1.165, 1.54) is 19.3 Å². The predicted octanol–water partition coefficient (Wildman–Crippen LogP) is 5.47.